The van der Waals surface area contributed by atoms with Gasteiger partial charge in [0.1, 0.15) is 0 Å². The van der Waals surface area contributed by atoms with Gasteiger partial charge in [-0.2, -0.15) is 0 Å². The van der Waals surface area contributed by atoms with Gasteiger partial charge in [-0.15, -0.1) is 0 Å². The maximum atomic E-state index is 12.3. The van der Waals surface area contributed by atoms with Crippen molar-refractivity contribution in [1.82, 2.24) is 14.8 Å². The zero-order valence-corrected chi connectivity index (χ0v) is 13.1. The molecule has 2 fully saturated rings. The Labute approximate surface area is 131 Å². The summed E-state index contributed by atoms with van der Waals surface area (Å²) in [6, 6.07) is 5.89. The zero-order chi connectivity index (χ0) is 15.5. The minimum absolute atomic E-state index is 0.0737. The maximum Gasteiger partial charge on any atom is 0.319 e. The summed E-state index contributed by atoms with van der Waals surface area (Å²) in [5.74, 6) is 1.05. The van der Waals surface area contributed by atoms with Crippen molar-refractivity contribution in [3.05, 3.63) is 24.4 Å². The highest BCUT2D eigenvalue weighted by atomic mass is 16.5. The number of amides is 2. The molecule has 2 heterocycles. The second kappa shape index (κ2) is 6.52. The Morgan fingerprint density at radius 1 is 1.45 bits per heavy atom. The van der Waals surface area contributed by atoms with E-state index in [1.54, 1.807) is 25.2 Å². The van der Waals surface area contributed by atoms with Crippen molar-refractivity contribution >= 4 is 6.03 Å². The summed E-state index contributed by atoms with van der Waals surface area (Å²) in [5.41, 5.74) is 0. The van der Waals surface area contributed by atoms with Gasteiger partial charge in [-0.25, -0.2) is 9.78 Å². The van der Waals surface area contributed by atoms with Crippen LogP contribution in [0, 0.1) is 5.92 Å². The van der Waals surface area contributed by atoms with Gasteiger partial charge in [-0.1, -0.05) is 6.07 Å². The van der Waals surface area contributed by atoms with Crippen molar-refractivity contribution in [1.29, 1.82) is 0 Å². The largest absolute Gasteiger partial charge is 0.477 e. The van der Waals surface area contributed by atoms with Crippen LogP contribution in [-0.4, -0.2) is 66.8 Å². The Kier molecular flexibility index (Phi) is 4.47. The third-order valence-electron chi connectivity index (χ3n) is 4.37. The Morgan fingerprint density at radius 2 is 2.32 bits per heavy atom. The summed E-state index contributed by atoms with van der Waals surface area (Å²) in [5, 5.41) is 0. The van der Waals surface area contributed by atoms with E-state index >= 15 is 0 Å². The number of hydrogen-bond donors (Lipinski definition) is 0. The van der Waals surface area contributed by atoms with E-state index in [-0.39, 0.29) is 18.2 Å². The van der Waals surface area contributed by atoms with Crippen molar-refractivity contribution in [2.45, 2.75) is 25.0 Å². The molecule has 0 radical (unpaired) electrons. The molecule has 2 aliphatic rings. The summed E-state index contributed by atoms with van der Waals surface area (Å²) in [4.78, 5) is 20.0. The van der Waals surface area contributed by atoms with Gasteiger partial charge < -0.3 is 19.3 Å². The van der Waals surface area contributed by atoms with E-state index in [9.17, 15) is 4.79 Å². The molecule has 22 heavy (non-hydrogen) atoms. The lowest BCUT2D eigenvalue weighted by atomic mass is 10.1. The van der Waals surface area contributed by atoms with Crippen LogP contribution in [0.2, 0.25) is 0 Å². The van der Waals surface area contributed by atoms with Crippen molar-refractivity contribution < 1.29 is 14.3 Å². The van der Waals surface area contributed by atoms with Gasteiger partial charge >= 0.3 is 6.03 Å². The fourth-order valence-corrected chi connectivity index (χ4v) is 3.32. The monoisotopic (exact) mass is 305 g/mol. The normalized spacial score (nSPS) is 27.4. The predicted molar refractivity (Wildman–Crippen MR) is 81.8 cm³/mol. The first-order valence-corrected chi connectivity index (χ1v) is 7.78. The molecule has 6 nitrogen and oxygen atoms in total. The Morgan fingerprint density at radius 3 is 3.05 bits per heavy atom. The average molecular weight is 305 g/mol. The number of urea groups is 1. The predicted octanol–water partition coefficient (Wildman–Crippen LogP) is 1.62. The van der Waals surface area contributed by atoms with Crippen LogP contribution < -0.4 is 4.74 Å². The summed E-state index contributed by atoms with van der Waals surface area (Å²) < 4.78 is 11.6. The molecule has 0 bridgehead atoms. The van der Waals surface area contributed by atoms with E-state index in [4.69, 9.17) is 9.47 Å². The number of carbonyl (C=O) groups excluding carboxylic acids is 1. The van der Waals surface area contributed by atoms with Crippen LogP contribution in [-0.2, 0) is 4.74 Å². The molecule has 1 saturated heterocycles. The number of fused-ring (bicyclic) bond motifs is 1. The SMILES string of the molecule is CN(C)C(=O)N1CCOC2CC(COc3ccccn3)CC21. The lowest BCUT2D eigenvalue weighted by Crippen LogP contribution is -2.54. The van der Waals surface area contributed by atoms with E-state index in [1.165, 1.54) is 0 Å². The lowest BCUT2D eigenvalue weighted by Gasteiger charge is -2.38. The highest BCUT2D eigenvalue weighted by Gasteiger charge is 2.43. The van der Waals surface area contributed by atoms with E-state index in [2.05, 4.69) is 4.98 Å². The molecular weight excluding hydrogens is 282 g/mol. The van der Waals surface area contributed by atoms with Gasteiger partial charge in [0.15, 0.2) is 0 Å². The number of rotatable bonds is 3. The molecule has 1 aliphatic carbocycles. The van der Waals surface area contributed by atoms with Crippen molar-refractivity contribution in [3.63, 3.8) is 0 Å². The molecule has 1 aromatic rings. The molecular formula is C16H23N3O3. The molecule has 1 aromatic heterocycles. The number of pyridine rings is 1. The van der Waals surface area contributed by atoms with Crippen LogP contribution in [0.3, 0.4) is 0 Å². The van der Waals surface area contributed by atoms with Gasteiger partial charge in [0.2, 0.25) is 5.88 Å². The second-order valence-corrected chi connectivity index (χ2v) is 6.16. The lowest BCUT2D eigenvalue weighted by molar-refractivity contribution is -0.0421. The summed E-state index contributed by atoms with van der Waals surface area (Å²) in [6.45, 7) is 1.91. The molecule has 3 rings (SSSR count). The minimum Gasteiger partial charge on any atom is -0.477 e. The Hall–Kier alpha value is -1.82. The molecule has 3 atom stereocenters. The summed E-state index contributed by atoms with van der Waals surface area (Å²) >= 11 is 0. The molecule has 3 unspecified atom stereocenters. The molecule has 0 N–H and O–H groups in total. The van der Waals surface area contributed by atoms with Crippen LogP contribution >= 0.6 is 0 Å². The fraction of sp³-hybridized carbons (Fsp3) is 0.625. The smallest absolute Gasteiger partial charge is 0.319 e. The highest BCUT2D eigenvalue weighted by Crippen LogP contribution is 2.34. The molecule has 2 amide bonds. The zero-order valence-electron chi connectivity index (χ0n) is 13.1. The first-order chi connectivity index (χ1) is 10.6. The van der Waals surface area contributed by atoms with Crippen LogP contribution in [0.15, 0.2) is 24.4 Å². The molecule has 1 aliphatic heterocycles. The number of aromatic nitrogens is 1. The summed E-state index contributed by atoms with van der Waals surface area (Å²) in [6.07, 6.45) is 3.73. The van der Waals surface area contributed by atoms with E-state index < -0.39 is 0 Å². The number of nitrogens with zero attached hydrogens (tertiary/aromatic N) is 3. The standard InChI is InChI=1S/C16H23N3O3/c1-18(2)16(20)19-7-8-21-14-10-12(9-13(14)19)11-22-15-5-3-4-6-17-15/h3-6,12-14H,7-11H2,1-2H3. The van der Waals surface area contributed by atoms with Gasteiger partial charge in [0.25, 0.3) is 0 Å². The van der Waals surface area contributed by atoms with Crippen LogP contribution in [0.5, 0.6) is 5.88 Å². The van der Waals surface area contributed by atoms with Gasteiger partial charge in [-0.05, 0) is 24.8 Å². The molecule has 120 valence electrons. The van der Waals surface area contributed by atoms with Gasteiger partial charge in [-0.3, -0.25) is 0 Å². The van der Waals surface area contributed by atoms with Gasteiger partial charge in [0, 0.05) is 32.9 Å². The molecule has 0 aromatic carbocycles. The average Bonchev–Trinajstić information content (AvgIpc) is 2.96. The molecule has 1 saturated carbocycles. The van der Waals surface area contributed by atoms with Crippen LogP contribution in [0.25, 0.3) is 0 Å². The van der Waals surface area contributed by atoms with Crippen molar-refractivity contribution in [2.75, 3.05) is 33.9 Å². The van der Waals surface area contributed by atoms with Crippen LogP contribution in [0.1, 0.15) is 12.8 Å². The Balaban J connectivity index is 1.58. The van der Waals surface area contributed by atoms with E-state index in [0.29, 0.717) is 31.6 Å². The quantitative estimate of drug-likeness (QED) is 0.851. The number of carbonyl (C=O) groups is 1. The molecule has 6 heteroatoms. The van der Waals surface area contributed by atoms with E-state index in [0.717, 1.165) is 12.8 Å². The third kappa shape index (κ3) is 3.16. The van der Waals surface area contributed by atoms with Crippen molar-refractivity contribution in [2.24, 2.45) is 5.92 Å². The maximum absolute atomic E-state index is 12.3. The number of hydrogen-bond acceptors (Lipinski definition) is 4. The number of ether oxygens (including phenoxy) is 2. The highest BCUT2D eigenvalue weighted by molar-refractivity contribution is 5.74. The first kappa shape index (κ1) is 15.1. The second-order valence-electron chi connectivity index (χ2n) is 6.16. The number of morpholine rings is 1. The third-order valence-corrected chi connectivity index (χ3v) is 4.37. The van der Waals surface area contributed by atoms with Gasteiger partial charge in [0.05, 0.1) is 25.4 Å². The molecule has 0 spiro atoms. The minimum atomic E-state index is 0.0737. The topological polar surface area (TPSA) is 54.9 Å². The first-order valence-electron chi connectivity index (χ1n) is 7.78. The fourth-order valence-electron chi connectivity index (χ4n) is 3.32. The van der Waals surface area contributed by atoms with Crippen molar-refractivity contribution in [3.8, 4) is 5.88 Å². The van der Waals surface area contributed by atoms with Crippen LogP contribution in [0.4, 0.5) is 4.79 Å². The Bertz CT molecular complexity index is 509. The summed E-state index contributed by atoms with van der Waals surface area (Å²) in [7, 11) is 3.59. The van der Waals surface area contributed by atoms with E-state index in [1.807, 2.05) is 23.1 Å².